The van der Waals surface area contributed by atoms with E-state index in [1.165, 1.54) is 23.5 Å². The molecule has 0 aliphatic heterocycles. The van der Waals surface area contributed by atoms with Crippen molar-refractivity contribution in [1.29, 1.82) is 10.5 Å². The first-order chi connectivity index (χ1) is 7.86. The molecule has 98 valence electrons. The molecule has 0 aliphatic carbocycles. The third-order valence-electron chi connectivity index (χ3n) is 1.67. The summed E-state index contributed by atoms with van der Waals surface area (Å²) in [4.78, 5) is -1.90. The van der Waals surface area contributed by atoms with Gasteiger partial charge in [0.25, 0.3) is 0 Å². The molecule has 0 aromatic heterocycles. The number of aliphatic hydroxyl groups is 2. The van der Waals surface area contributed by atoms with Gasteiger partial charge in [0.2, 0.25) is 9.87 Å². The maximum atomic E-state index is 8.83. The van der Waals surface area contributed by atoms with E-state index in [1.54, 1.807) is 26.4 Å². The van der Waals surface area contributed by atoms with Crippen LogP contribution in [0.4, 0.5) is 0 Å². The van der Waals surface area contributed by atoms with Crippen LogP contribution in [0.15, 0.2) is 0 Å². The van der Waals surface area contributed by atoms with Gasteiger partial charge in [-0.2, -0.15) is 10.5 Å². The smallest absolute Gasteiger partial charge is 0.200 e. The molecule has 2 atom stereocenters. The van der Waals surface area contributed by atoms with Gasteiger partial charge in [0, 0.05) is 0 Å². The van der Waals surface area contributed by atoms with Crippen LogP contribution in [0.25, 0.3) is 0 Å². The number of hydrogen-bond donors (Lipinski definition) is 2. The van der Waals surface area contributed by atoms with E-state index in [2.05, 4.69) is 0 Å². The zero-order valence-electron chi connectivity index (χ0n) is 10.4. The zero-order valence-corrected chi connectivity index (χ0v) is 12.1. The lowest BCUT2D eigenvalue weighted by molar-refractivity contribution is 0.0274. The summed E-state index contributed by atoms with van der Waals surface area (Å²) in [6, 6.07) is 4.06. The SMILES string of the molecule is CSC(C)(C#N)OC(C)(C#N)SC.OCCO. The van der Waals surface area contributed by atoms with Crippen LogP contribution in [-0.4, -0.2) is 45.8 Å². The summed E-state index contributed by atoms with van der Waals surface area (Å²) >= 11 is 2.56. The molecule has 0 spiro atoms. The lowest BCUT2D eigenvalue weighted by Crippen LogP contribution is -2.34. The molecular weight excluding hydrogens is 260 g/mol. The van der Waals surface area contributed by atoms with Crippen molar-refractivity contribution in [3.05, 3.63) is 0 Å². The molecule has 0 aliphatic rings. The Labute approximate surface area is 111 Å². The molecule has 5 nitrogen and oxygen atoms in total. The monoisotopic (exact) mass is 278 g/mol. The average Bonchev–Trinajstić information content (AvgIpc) is 2.38. The number of nitriles is 2. The maximum absolute atomic E-state index is 8.83. The second-order valence-electron chi connectivity index (χ2n) is 3.07. The van der Waals surface area contributed by atoms with Crippen LogP contribution >= 0.6 is 23.5 Å². The quantitative estimate of drug-likeness (QED) is 0.729. The van der Waals surface area contributed by atoms with Crippen molar-refractivity contribution >= 4 is 23.5 Å². The lowest BCUT2D eigenvalue weighted by Gasteiger charge is -2.28. The third kappa shape index (κ3) is 8.31. The van der Waals surface area contributed by atoms with Gasteiger partial charge in [-0.25, -0.2) is 0 Å². The van der Waals surface area contributed by atoms with Crippen molar-refractivity contribution < 1.29 is 14.9 Å². The lowest BCUT2D eigenvalue weighted by atomic mass is 10.4. The highest BCUT2D eigenvalue weighted by Gasteiger charge is 2.35. The molecule has 0 aromatic carbocycles. The number of hydrogen-bond acceptors (Lipinski definition) is 7. The molecule has 0 saturated heterocycles. The minimum atomic E-state index is -0.951. The van der Waals surface area contributed by atoms with Crippen LogP contribution in [0.1, 0.15) is 13.8 Å². The Morgan fingerprint density at radius 3 is 1.41 bits per heavy atom. The molecule has 17 heavy (non-hydrogen) atoms. The molecule has 0 radical (unpaired) electrons. The predicted octanol–water partition coefficient (Wildman–Crippen LogP) is 1.18. The van der Waals surface area contributed by atoms with Gasteiger partial charge in [-0.1, -0.05) is 0 Å². The fraction of sp³-hybridized carbons (Fsp3) is 0.800. The second kappa shape index (κ2) is 9.58. The van der Waals surface area contributed by atoms with Crippen molar-refractivity contribution in [2.24, 2.45) is 0 Å². The van der Waals surface area contributed by atoms with Crippen LogP contribution in [0.5, 0.6) is 0 Å². The summed E-state index contributed by atoms with van der Waals surface area (Å²) in [5, 5.41) is 32.9. The molecule has 0 bridgehead atoms. The Morgan fingerprint density at radius 2 is 1.29 bits per heavy atom. The summed E-state index contributed by atoms with van der Waals surface area (Å²) in [6.07, 6.45) is 3.56. The minimum Gasteiger partial charge on any atom is -0.394 e. The minimum absolute atomic E-state index is 0.125. The van der Waals surface area contributed by atoms with Gasteiger partial charge < -0.3 is 14.9 Å². The number of ether oxygens (including phenoxy) is 1. The van der Waals surface area contributed by atoms with E-state index in [9.17, 15) is 0 Å². The standard InChI is InChI=1S/C8H12N2OS2.C2H6O2/c1-7(5-9,12-3)11-8(2,6-10)13-4;3-1-2-4/h1-4H3;3-4H,1-2H2. The third-order valence-corrected chi connectivity index (χ3v) is 3.58. The number of nitrogens with zero attached hydrogens (tertiary/aromatic N) is 2. The first-order valence-corrected chi connectivity index (χ1v) is 7.16. The van der Waals surface area contributed by atoms with Gasteiger partial charge >= 0.3 is 0 Å². The Morgan fingerprint density at radius 1 is 1.00 bits per heavy atom. The largest absolute Gasteiger partial charge is 0.394 e. The predicted molar refractivity (Wildman–Crippen MR) is 70.3 cm³/mol. The normalized spacial score (nSPS) is 16.5. The summed E-state index contributed by atoms with van der Waals surface area (Å²) in [5.74, 6) is 0. The highest BCUT2D eigenvalue weighted by molar-refractivity contribution is 8.00. The molecule has 0 amide bonds. The molecule has 0 aromatic rings. The van der Waals surface area contributed by atoms with Gasteiger partial charge in [0.15, 0.2) is 0 Å². The fourth-order valence-corrected chi connectivity index (χ4v) is 1.33. The van der Waals surface area contributed by atoms with Crippen molar-refractivity contribution in [2.45, 2.75) is 23.7 Å². The fourth-order valence-electron chi connectivity index (χ4n) is 0.592. The van der Waals surface area contributed by atoms with E-state index in [0.29, 0.717) is 0 Å². The van der Waals surface area contributed by atoms with Crippen molar-refractivity contribution in [1.82, 2.24) is 0 Å². The van der Waals surface area contributed by atoms with Gasteiger partial charge in [-0.3, -0.25) is 0 Å². The van der Waals surface area contributed by atoms with Crippen LogP contribution in [-0.2, 0) is 4.74 Å². The average molecular weight is 278 g/mol. The van der Waals surface area contributed by atoms with Crippen molar-refractivity contribution in [3.8, 4) is 12.1 Å². The molecule has 0 heterocycles. The van der Waals surface area contributed by atoms with Crippen molar-refractivity contribution in [3.63, 3.8) is 0 Å². The Bertz CT molecular complexity index is 262. The first-order valence-electron chi connectivity index (χ1n) is 4.71. The van der Waals surface area contributed by atoms with Crippen molar-refractivity contribution in [2.75, 3.05) is 25.7 Å². The van der Waals surface area contributed by atoms with Gasteiger partial charge in [-0.05, 0) is 26.4 Å². The Kier molecular flexibility index (Phi) is 10.7. The summed E-state index contributed by atoms with van der Waals surface area (Å²) in [7, 11) is 0. The van der Waals surface area contributed by atoms with E-state index in [-0.39, 0.29) is 13.2 Å². The highest BCUT2D eigenvalue weighted by atomic mass is 32.2. The summed E-state index contributed by atoms with van der Waals surface area (Å²) in [5.41, 5.74) is 0. The topological polar surface area (TPSA) is 97.3 Å². The van der Waals surface area contributed by atoms with Crippen LogP contribution in [0.3, 0.4) is 0 Å². The first kappa shape index (κ1) is 18.9. The van der Waals surface area contributed by atoms with E-state index in [4.69, 9.17) is 25.5 Å². The molecule has 0 saturated carbocycles. The maximum Gasteiger partial charge on any atom is 0.200 e. The van der Waals surface area contributed by atoms with Gasteiger partial charge in [0.05, 0.1) is 13.2 Å². The molecule has 0 rings (SSSR count). The molecular formula is C10H18N2O3S2. The van der Waals surface area contributed by atoms with E-state index >= 15 is 0 Å². The Balaban J connectivity index is 0. The summed E-state index contributed by atoms with van der Waals surface area (Å²) < 4.78 is 5.43. The van der Waals surface area contributed by atoms with E-state index in [1.807, 2.05) is 12.1 Å². The summed E-state index contributed by atoms with van der Waals surface area (Å²) in [6.45, 7) is 3.06. The van der Waals surface area contributed by atoms with Gasteiger partial charge in [-0.15, -0.1) is 23.5 Å². The van der Waals surface area contributed by atoms with Crippen LogP contribution < -0.4 is 0 Å². The highest BCUT2D eigenvalue weighted by Crippen LogP contribution is 2.33. The van der Waals surface area contributed by atoms with E-state index in [0.717, 1.165) is 0 Å². The van der Waals surface area contributed by atoms with Gasteiger partial charge in [0.1, 0.15) is 12.1 Å². The molecule has 2 unspecified atom stereocenters. The Hall–Kier alpha value is -0.440. The van der Waals surface area contributed by atoms with Crippen LogP contribution in [0.2, 0.25) is 0 Å². The number of rotatable bonds is 5. The molecule has 7 heteroatoms. The molecule has 2 N–H and O–H groups in total. The van der Waals surface area contributed by atoms with Crippen LogP contribution in [0, 0.1) is 22.7 Å². The number of aliphatic hydroxyl groups excluding tert-OH is 2. The van der Waals surface area contributed by atoms with E-state index < -0.39 is 9.87 Å². The molecule has 0 fully saturated rings. The zero-order chi connectivity index (χ0) is 13.9. The number of thioether (sulfide) groups is 2. The second-order valence-corrected chi connectivity index (χ2v) is 5.45.